The average Bonchev–Trinajstić information content (AvgIpc) is 2.91. The van der Waals surface area contributed by atoms with Gasteiger partial charge >= 0.3 is 12.1 Å². The number of nitrogens with two attached hydrogens (primary N) is 1. The van der Waals surface area contributed by atoms with Gasteiger partial charge in [0, 0.05) is 21.7 Å². The Bertz CT molecular complexity index is 760. The van der Waals surface area contributed by atoms with Crippen molar-refractivity contribution in [1.82, 2.24) is 0 Å². The van der Waals surface area contributed by atoms with Gasteiger partial charge in [-0.25, -0.2) is 4.79 Å². The maximum atomic E-state index is 13.7. The summed E-state index contributed by atoms with van der Waals surface area (Å²) >= 11 is 11.6. The van der Waals surface area contributed by atoms with E-state index >= 15 is 0 Å². The third kappa shape index (κ3) is 4.12. The summed E-state index contributed by atoms with van der Waals surface area (Å²) in [5.74, 6) is -1.55. The van der Waals surface area contributed by atoms with Crippen molar-refractivity contribution >= 4 is 40.7 Å². The van der Waals surface area contributed by atoms with E-state index < -0.39 is 29.9 Å². The minimum Gasteiger partial charge on any atom is -0.477 e. The highest BCUT2D eigenvalue weighted by molar-refractivity contribution is 6.38. The second-order valence-electron chi connectivity index (χ2n) is 5.08. The summed E-state index contributed by atoms with van der Waals surface area (Å²) in [6, 6.07) is 3.48. The number of aliphatic carboxylic acids is 1. The van der Waals surface area contributed by atoms with Gasteiger partial charge in [-0.05, 0) is 23.4 Å². The monoisotopic (exact) mass is 396 g/mol. The standard InChI is InChI=1S/C14H10Cl2F3N3O3/c15-8-3-7(4-9(16)5-8)13(14(17,18)19)6-11(22-25-13)21-2-1-10(20)12(23)24/h1-5,20H,6H2,(H,21,22)(H,23,24)/p+1/b2-1-,20-10?. The summed E-state index contributed by atoms with van der Waals surface area (Å²) in [6.45, 7) is 0. The van der Waals surface area contributed by atoms with E-state index in [1.165, 1.54) is 6.07 Å². The Kier molecular flexibility index (Phi) is 5.40. The molecule has 1 atom stereocenters. The molecule has 1 aliphatic heterocycles. The lowest BCUT2D eigenvalue weighted by Crippen LogP contribution is -2.82. The summed E-state index contributed by atoms with van der Waals surface area (Å²) < 4.78 is 41.0. The quantitative estimate of drug-likeness (QED) is 0.682. The number of hydrogen-bond donors (Lipinski definition) is 3. The van der Waals surface area contributed by atoms with Crippen LogP contribution in [0.5, 0.6) is 0 Å². The van der Waals surface area contributed by atoms with E-state index in [1.54, 1.807) is 0 Å². The normalized spacial score (nSPS) is 20.4. The topological polar surface area (TPSA) is 99.4 Å². The van der Waals surface area contributed by atoms with Crippen LogP contribution in [0.4, 0.5) is 13.2 Å². The summed E-state index contributed by atoms with van der Waals surface area (Å²) in [5.41, 5.74) is -3.77. The highest BCUT2D eigenvalue weighted by Crippen LogP contribution is 2.48. The summed E-state index contributed by atoms with van der Waals surface area (Å²) in [5, 5.41) is 20.2. The maximum Gasteiger partial charge on any atom is 0.436 e. The molecule has 1 unspecified atom stereocenters. The van der Waals surface area contributed by atoms with Gasteiger partial charge in [0.2, 0.25) is 5.84 Å². The van der Waals surface area contributed by atoms with Crippen LogP contribution >= 0.6 is 23.2 Å². The fourth-order valence-corrected chi connectivity index (χ4v) is 2.66. The minimum atomic E-state index is -4.81. The Labute approximate surface area is 149 Å². The highest BCUT2D eigenvalue weighted by Gasteiger charge is 2.63. The number of nitrogens with zero attached hydrogens (tertiary/aromatic N) is 1. The van der Waals surface area contributed by atoms with Gasteiger partial charge in [-0.15, -0.1) is 0 Å². The number of oxime groups is 1. The molecule has 6 nitrogen and oxygen atoms in total. The molecule has 1 aromatic rings. The molecule has 1 heterocycles. The fourth-order valence-electron chi connectivity index (χ4n) is 2.13. The predicted octanol–water partition coefficient (Wildman–Crippen LogP) is 2.67. The lowest BCUT2D eigenvalue weighted by molar-refractivity contribution is -0.464. The molecule has 4 N–H and O–H groups in total. The molecule has 0 saturated heterocycles. The zero-order valence-electron chi connectivity index (χ0n) is 12.3. The molecule has 0 bridgehead atoms. The van der Waals surface area contributed by atoms with Crippen molar-refractivity contribution in [3.05, 3.63) is 46.1 Å². The van der Waals surface area contributed by atoms with E-state index in [4.69, 9.17) is 38.6 Å². The van der Waals surface area contributed by atoms with E-state index in [-0.39, 0.29) is 21.4 Å². The number of alkyl halides is 3. The number of rotatable bonds is 4. The number of benzene rings is 1. The summed E-state index contributed by atoms with van der Waals surface area (Å²) in [4.78, 5) is 15.2. The van der Waals surface area contributed by atoms with Gasteiger partial charge in [0.05, 0.1) is 0 Å². The van der Waals surface area contributed by atoms with Crippen LogP contribution in [0.2, 0.25) is 10.0 Å². The molecule has 11 heteroatoms. The number of nitrogens with one attached hydrogen (secondary N) is 1. The molecule has 25 heavy (non-hydrogen) atoms. The van der Waals surface area contributed by atoms with Crippen molar-refractivity contribution in [2.45, 2.75) is 18.2 Å². The Morgan fingerprint density at radius 3 is 2.48 bits per heavy atom. The SMILES string of the molecule is N=C(/C=C\[NH2+]C1=NOC(c2cc(Cl)cc(Cl)c2)(C(F)(F)F)C1)C(=O)O. The van der Waals surface area contributed by atoms with Gasteiger partial charge in [-0.2, -0.15) is 13.2 Å². The molecular formula is C14H11Cl2F3N3O3+. The van der Waals surface area contributed by atoms with Crippen LogP contribution < -0.4 is 5.32 Å². The molecule has 0 aliphatic carbocycles. The van der Waals surface area contributed by atoms with E-state index in [1.807, 2.05) is 0 Å². The fraction of sp³-hybridized carbons (Fsp3) is 0.214. The molecule has 0 saturated carbocycles. The van der Waals surface area contributed by atoms with Crippen molar-refractivity contribution in [3.8, 4) is 0 Å². The number of quaternary nitrogens is 1. The number of carboxylic acid groups (broad SMARTS) is 1. The molecule has 2 rings (SSSR count). The Morgan fingerprint density at radius 2 is 1.96 bits per heavy atom. The van der Waals surface area contributed by atoms with Gasteiger partial charge in [0.1, 0.15) is 18.3 Å². The van der Waals surface area contributed by atoms with Crippen molar-refractivity contribution in [1.29, 1.82) is 5.41 Å². The lowest BCUT2D eigenvalue weighted by Gasteiger charge is -2.28. The molecule has 0 amide bonds. The molecule has 134 valence electrons. The Balaban J connectivity index is 2.25. The first-order valence-corrected chi connectivity index (χ1v) is 7.42. The Hall–Kier alpha value is -2.10. The lowest BCUT2D eigenvalue weighted by atomic mass is 9.89. The Morgan fingerprint density at radius 1 is 1.36 bits per heavy atom. The van der Waals surface area contributed by atoms with Crippen LogP contribution in [0.25, 0.3) is 0 Å². The molecule has 0 fully saturated rings. The largest absolute Gasteiger partial charge is 0.477 e. The average molecular weight is 397 g/mol. The van der Waals surface area contributed by atoms with Crippen molar-refractivity contribution in [3.63, 3.8) is 0 Å². The predicted molar refractivity (Wildman–Crippen MR) is 83.8 cm³/mol. The van der Waals surface area contributed by atoms with E-state index in [9.17, 15) is 18.0 Å². The van der Waals surface area contributed by atoms with Gasteiger partial charge in [-0.3, -0.25) is 10.7 Å². The second kappa shape index (κ2) is 7.03. The van der Waals surface area contributed by atoms with Crippen LogP contribution in [0.15, 0.2) is 35.6 Å². The van der Waals surface area contributed by atoms with Crippen molar-refractivity contribution < 1.29 is 33.2 Å². The second-order valence-corrected chi connectivity index (χ2v) is 5.95. The zero-order chi connectivity index (χ0) is 18.8. The van der Waals surface area contributed by atoms with Gasteiger partial charge in [0.25, 0.3) is 5.60 Å². The van der Waals surface area contributed by atoms with Crippen LogP contribution in [-0.2, 0) is 15.2 Å². The number of halogens is 5. The first kappa shape index (κ1) is 19.2. The summed E-state index contributed by atoms with van der Waals surface area (Å²) in [7, 11) is 0. The number of carboxylic acids is 1. The molecule has 0 aromatic heterocycles. The molecule has 1 aromatic carbocycles. The third-order valence-electron chi connectivity index (χ3n) is 3.32. The number of carbonyl (C=O) groups is 1. The first-order valence-electron chi connectivity index (χ1n) is 6.67. The van der Waals surface area contributed by atoms with Gasteiger partial charge in [0.15, 0.2) is 0 Å². The van der Waals surface area contributed by atoms with Gasteiger partial charge in [-0.1, -0.05) is 23.2 Å². The number of hydrogen-bond acceptors (Lipinski definition) is 4. The molecule has 0 radical (unpaired) electrons. The molecule has 0 spiro atoms. The maximum absolute atomic E-state index is 13.7. The number of amidine groups is 1. The van der Waals surface area contributed by atoms with Crippen LogP contribution in [0.3, 0.4) is 0 Å². The summed E-state index contributed by atoms with van der Waals surface area (Å²) in [6.07, 6.45) is -3.44. The van der Waals surface area contributed by atoms with Crippen LogP contribution in [0.1, 0.15) is 12.0 Å². The van der Waals surface area contributed by atoms with Crippen LogP contribution in [-0.4, -0.2) is 28.8 Å². The third-order valence-corrected chi connectivity index (χ3v) is 3.75. The smallest absolute Gasteiger partial charge is 0.436 e. The highest BCUT2D eigenvalue weighted by atomic mass is 35.5. The van der Waals surface area contributed by atoms with E-state index in [2.05, 4.69) is 5.16 Å². The van der Waals surface area contributed by atoms with E-state index in [0.29, 0.717) is 0 Å². The van der Waals surface area contributed by atoms with Gasteiger partial charge < -0.3 is 9.94 Å². The minimum absolute atomic E-state index is 0.0157. The zero-order valence-corrected chi connectivity index (χ0v) is 13.8. The first-order chi connectivity index (χ1) is 11.5. The van der Waals surface area contributed by atoms with Crippen LogP contribution in [0, 0.1) is 5.41 Å². The van der Waals surface area contributed by atoms with E-state index in [0.717, 1.165) is 29.7 Å². The molecule has 1 aliphatic rings. The molecular weight excluding hydrogens is 386 g/mol. The van der Waals surface area contributed by atoms with Crippen molar-refractivity contribution in [2.24, 2.45) is 5.16 Å². The van der Waals surface area contributed by atoms with Crippen molar-refractivity contribution in [2.75, 3.05) is 0 Å².